The number of ether oxygens (including phenoxy) is 2. The predicted molar refractivity (Wildman–Crippen MR) is 109 cm³/mol. The SMILES string of the molecule is COc1cccc(/C=N\NC(=O)c2cc3ccccc3cc2O)c1OC(C)C. The lowest BCUT2D eigenvalue weighted by Crippen LogP contribution is -2.18. The van der Waals surface area contributed by atoms with Crippen molar-refractivity contribution in [3.05, 3.63) is 65.7 Å². The van der Waals surface area contributed by atoms with Gasteiger partial charge in [-0.25, -0.2) is 5.43 Å². The summed E-state index contributed by atoms with van der Waals surface area (Å²) in [5.74, 6) is 0.521. The maximum Gasteiger partial charge on any atom is 0.275 e. The van der Waals surface area contributed by atoms with E-state index in [0.29, 0.717) is 17.1 Å². The summed E-state index contributed by atoms with van der Waals surface area (Å²) in [6, 6.07) is 16.1. The van der Waals surface area contributed by atoms with Gasteiger partial charge in [0.1, 0.15) is 5.75 Å². The van der Waals surface area contributed by atoms with Crippen LogP contribution in [0.2, 0.25) is 0 Å². The van der Waals surface area contributed by atoms with E-state index in [4.69, 9.17) is 9.47 Å². The van der Waals surface area contributed by atoms with Crippen molar-refractivity contribution in [2.24, 2.45) is 5.10 Å². The molecule has 3 rings (SSSR count). The Kier molecular flexibility index (Phi) is 5.79. The van der Waals surface area contributed by atoms with Crippen LogP contribution in [-0.4, -0.2) is 30.4 Å². The Balaban J connectivity index is 1.82. The van der Waals surface area contributed by atoms with E-state index in [-0.39, 0.29) is 17.4 Å². The number of hydrogen-bond acceptors (Lipinski definition) is 5. The van der Waals surface area contributed by atoms with Gasteiger partial charge in [-0.05, 0) is 48.9 Å². The second-order valence-electron chi connectivity index (χ2n) is 6.46. The topological polar surface area (TPSA) is 80.2 Å². The van der Waals surface area contributed by atoms with Crippen LogP contribution in [0.25, 0.3) is 10.8 Å². The van der Waals surface area contributed by atoms with Gasteiger partial charge in [-0.3, -0.25) is 4.79 Å². The van der Waals surface area contributed by atoms with Gasteiger partial charge in [0.05, 0.1) is 25.0 Å². The smallest absolute Gasteiger partial charge is 0.275 e. The molecule has 0 bridgehead atoms. The van der Waals surface area contributed by atoms with Crippen molar-refractivity contribution in [2.45, 2.75) is 20.0 Å². The molecule has 0 saturated carbocycles. The van der Waals surface area contributed by atoms with Gasteiger partial charge in [0.2, 0.25) is 0 Å². The molecule has 0 radical (unpaired) electrons. The number of nitrogens with zero attached hydrogens (tertiary/aromatic N) is 1. The van der Waals surface area contributed by atoms with Gasteiger partial charge in [-0.15, -0.1) is 0 Å². The molecular formula is C22H22N2O4. The fourth-order valence-electron chi connectivity index (χ4n) is 2.79. The summed E-state index contributed by atoms with van der Waals surface area (Å²) in [5, 5.41) is 15.9. The quantitative estimate of drug-likeness (QED) is 0.500. The minimum absolute atomic E-state index is 0.0485. The molecule has 0 unspecified atom stereocenters. The molecule has 28 heavy (non-hydrogen) atoms. The third-order valence-corrected chi connectivity index (χ3v) is 4.06. The fraction of sp³-hybridized carbons (Fsp3) is 0.182. The Hall–Kier alpha value is -3.54. The Morgan fingerprint density at radius 1 is 1.11 bits per heavy atom. The molecule has 0 heterocycles. The van der Waals surface area contributed by atoms with Crippen LogP contribution >= 0.6 is 0 Å². The zero-order valence-corrected chi connectivity index (χ0v) is 16.0. The van der Waals surface area contributed by atoms with Crippen molar-refractivity contribution in [3.63, 3.8) is 0 Å². The van der Waals surface area contributed by atoms with Gasteiger partial charge < -0.3 is 14.6 Å². The summed E-state index contributed by atoms with van der Waals surface area (Å²) in [6.45, 7) is 3.83. The number of nitrogens with one attached hydrogen (secondary N) is 1. The first-order chi connectivity index (χ1) is 13.5. The number of hydrazone groups is 1. The maximum atomic E-state index is 12.4. The van der Waals surface area contributed by atoms with Crippen LogP contribution in [0.1, 0.15) is 29.8 Å². The third-order valence-electron chi connectivity index (χ3n) is 4.06. The lowest BCUT2D eigenvalue weighted by Gasteiger charge is -2.15. The number of fused-ring (bicyclic) bond motifs is 1. The molecule has 0 atom stereocenters. The summed E-state index contributed by atoms with van der Waals surface area (Å²) >= 11 is 0. The first-order valence-electron chi connectivity index (χ1n) is 8.88. The maximum absolute atomic E-state index is 12.4. The summed E-state index contributed by atoms with van der Waals surface area (Å²) in [4.78, 5) is 12.4. The average Bonchev–Trinajstić information content (AvgIpc) is 2.68. The van der Waals surface area contributed by atoms with Crippen molar-refractivity contribution in [3.8, 4) is 17.2 Å². The monoisotopic (exact) mass is 378 g/mol. The Labute approximate surface area is 163 Å². The highest BCUT2D eigenvalue weighted by molar-refractivity contribution is 6.01. The molecule has 0 aliphatic heterocycles. The number of rotatable bonds is 6. The first kappa shape index (κ1) is 19.2. The minimum atomic E-state index is -0.506. The van der Waals surface area contributed by atoms with E-state index in [1.54, 1.807) is 25.3 Å². The van der Waals surface area contributed by atoms with E-state index >= 15 is 0 Å². The molecule has 6 nitrogen and oxygen atoms in total. The molecule has 3 aromatic carbocycles. The molecule has 0 aromatic heterocycles. The Morgan fingerprint density at radius 3 is 2.50 bits per heavy atom. The van der Waals surface area contributed by atoms with Crippen molar-refractivity contribution in [1.29, 1.82) is 0 Å². The minimum Gasteiger partial charge on any atom is -0.507 e. The standard InChI is InChI=1S/C22H22N2O4/c1-14(2)28-21-17(9-6-10-20(21)27-3)13-23-24-22(26)18-11-15-7-4-5-8-16(15)12-19(18)25/h4-14,25H,1-3H3,(H,24,26)/b23-13-. The van der Waals surface area contributed by atoms with E-state index in [1.807, 2.05) is 50.2 Å². The summed E-state index contributed by atoms with van der Waals surface area (Å²) in [7, 11) is 1.56. The number of amides is 1. The second kappa shape index (κ2) is 8.43. The molecule has 144 valence electrons. The van der Waals surface area contributed by atoms with Crippen LogP contribution < -0.4 is 14.9 Å². The van der Waals surface area contributed by atoms with Gasteiger partial charge in [-0.2, -0.15) is 5.10 Å². The zero-order valence-electron chi connectivity index (χ0n) is 16.0. The molecule has 0 aliphatic carbocycles. The Bertz CT molecular complexity index is 1030. The van der Waals surface area contributed by atoms with E-state index < -0.39 is 5.91 Å². The van der Waals surface area contributed by atoms with E-state index in [1.165, 1.54) is 6.21 Å². The molecule has 0 aliphatic rings. The summed E-state index contributed by atoms with van der Waals surface area (Å²) in [5.41, 5.74) is 3.26. The number of benzene rings is 3. The fourth-order valence-corrected chi connectivity index (χ4v) is 2.79. The molecule has 0 fully saturated rings. The number of para-hydroxylation sites is 1. The number of phenolic OH excluding ortho intramolecular Hbond substituents is 1. The molecule has 1 amide bonds. The van der Waals surface area contributed by atoms with Crippen LogP contribution in [0.15, 0.2) is 59.7 Å². The normalized spacial score (nSPS) is 11.1. The van der Waals surface area contributed by atoms with E-state index in [0.717, 1.165) is 10.8 Å². The van der Waals surface area contributed by atoms with Crippen molar-refractivity contribution < 1.29 is 19.4 Å². The summed E-state index contributed by atoms with van der Waals surface area (Å²) in [6.07, 6.45) is 1.43. The molecule has 3 aromatic rings. The summed E-state index contributed by atoms with van der Waals surface area (Å²) < 4.78 is 11.1. The largest absolute Gasteiger partial charge is 0.507 e. The van der Waals surface area contributed by atoms with Crippen LogP contribution in [0.3, 0.4) is 0 Å². The van der Waals surface area contributed by atoms with Crippen LogP contribution in [0, 0.1) is 0 Å². The highest BCUT2D eigenvalue weighted by Gasteiger charge is 2.13. The van der Waals surface area contributed by atoms with Crippen molar-refractivity contribution in [1.82, 2.24) is 5.43 Å². The van der Waals surface area contributed by atoms with Gasteiger partial charge in [0, 0.05) is 5.56 Å². The van der Waals surface area contributed by atoms with Crippen LogP contribution in [0.4, 0.5) is 0 Å². The number of hydrogen-bond donors (Lipinski definition) is 2. The number of carbonyl (C=O) groups excluding carboxylic acids is 1. The average molecular weight is 378 g/mol. The molecule has 0 saturated heterocycles. The first-order valence-corrected chi connectivity index (χ1v) is 8.88. The lowest BCUT2D eigenvalue weighted by molar-refractivity contribution is 0.0952. The second-order valence-corrected chi connectivity index (χ2v) is 6.46. The number of carbonyl (C=O) groups is 1. The number of aromatic hydroxyl groups is 1. The molecule has 2 N–H and O–H groups in total. The zero-order chi connectivity index (χ0) is 20.1. The highest BCUT2D eigenvalue weighted by Crippen LogP contribution is 2.31. The van der Waals surface area contributed by atoms with Gasteiger partial charge in [0.15, 0.2) is 11.5 Å². The third kappa shape index (κ3) is 4.23. The van der Waals surface area contributed by atoms with E-state index in [9.17, 15) is 9.90 Å². The molecule has 0 spiro atoms. The van der Waals surface area contributed by atoms with Crippen LogP contribution in [-0.2, 0) is 0 Å². The number of methoxy groups -OCH3 is 1. The predicted octanol–water partition coefficient (Wildman–Crippen LogP) is 4.11. The van der Waals surface area contributed by atoms with E-state index in [2.05, 4.69) is 10.5 Å². The van der Waals surface area contributed by atoms with Crippen molar-refractivity contribution >= 4 is 22.9 Å². The van der Waals surface area contributed by atoms with Gasteiger partial charge >= 0.3 is 0 Å². The number of phenols is 1. The van der Waals surface area contributed by atoms with Crippen LogP contribution in [0.5, 0.6) is 17.2 Å². The molecular weight excluding hydrogens is 356 g/mol. The van der Waals surface area contributed by atoms with Crippen molar-refractivity contribution in [2.75, 3.05) is 7.11 Å². The molecule has 6 heteroatoms. The van der Waals surface area contributed by atoms with Gasteiger partial charge in [0.25, 0.3) is 5.91 Å². The highest BCUT2D eigenvalue weighted by atomic mass is 16.5. The lowest BCUT2D eigenvalue weighted by atomic mass is 10.1. The Morgan fingerprint density at radius 2 is 1.82 bits per heavy atom. The van der Waals surface area contributed by atoms with Gasteiger partial charge in [-0.1, -0.05) is 30.3 Å².